The lowest BCUT2D eigenvalue weighted by Gasteiger charge is -2.09. The predicted molar refractivity (Wildman–Crippen MR) is 81.9 cm³/mol. The molecule has 21 heavy (non-hydrogen) atoms. The Kier molecular flexibility index (Phi) is 4.62. The molecule has 1 unspecified atom stereocenters. The molecule has 5 nitrogen and oxygen atoms in total. The zero-order chi connectivity index (χ0) is 15.4. The highest BCUT2D eigenvalue weighted by Gasteiger charge is 2.12. The normalized spacial score (nSPS) is 12.1. The van der Waals surface area contributed by atoms with E-state index in [0.29, 0.717) is 17.3 Å². The van der Waals surface area contributed by atoms with Gasteiger partial charge in [0.05, 0.1) is 11.3 Å². The van der Waals surface area contributed by atoms with Gasteiger partial charge in [-0.2, -0.15) is 5.10 Å². The first-order valence-electron chi connectivity index (χ1n) is 7.08. The number of anilines is 1. The van der Waals surface area contributed by atoms with Crippen molar-refractivity contribution >= 4 is 11.7 Å². The summed E-state index contributed by atoms with van der Waals surface area (Å²) in [4.78, 5) is 12.1. The number of nitrogens with zero attached hydrogens (tertiary/aromatic N) is 2. The molecule has 0 aliphatic carbocycles. The van der Waals surface area contributed by atoms with Crippen LogP contribution in [0.5, 0.6) is 0 Å². The van der Waals surface area contributed by atoms with E-state index >= 15 is 0 Å². The molecule has 0 aliphatic heterocycles. The van der Waals surface area contributed by atoms with E-state index in [0.717, 1.165) is 17.7 Å². The molecule has 0 fully saturated rings. The third-order valence-corrected chi connectivity index (χ3v) is 3.54. The van der Waals surface area contributed by atoms with Crippen LogP contribution in [0, 0.1) is 6.92 Å². The van der Waals surface area contributed by atoms with Crippen molar-refractivity contribution < 1.29 is 9.53 Å². The molecule has 0 radical (unpaired) electrons. The fourth-order valence-electron chi connectivity index (χ4n) is 1.96. The number of hydrogen-bond acceptors (Lipinski definition) is 4. The highest BCUT2D eigenvalue weighted by molar-refractivity contribution is 5.92. The molecule has 0 spiro atoms. The molecule has 1 heterocycles. The van der Waals surface area contributed by atoms with Gasteiger partial charge in [-0.05, 0) is 44.0 Å². The van der Waals surface area contributed by atoms with Crippen molar-refractivity contribution in [2.75, 3.05) is 5.73 Å². The summed E-state index contributed by atoms with van der Waals surface area (Å²) in [6.07, 6.45) is 2.91. The van der Waals surface area contributed by atoms with E-state index in [-0.39, 0.29) is 12.6 Å². The van der Waals surface area contributed by atoms with Crippen LogP contribution in [-0.2, 0) is 11.3 Å². The van der Waals surface area contributed by atoms with Crippen molar-refractivity contribution in [2.24, 2.45) is 0 Å². The monoisotopic (exact) mass is 287 g/mol. The molecule has 5 heteroatoms. The van der Waals surface area contributed by atoms with Crippen molar-refractivity contribution in [3.8, 4) is 0 Å². The molecule has 1 atom stereocenters. The number of carbonyl (C=O) groups is 1. The van der Waals surface area contributed by atoms with Crippen LogP contribution < -0.4 is 5.73 Å². The average molecular weight is 287 g/mol. The average Bonchev–Trinajstić information content (AvgIpc) is 2.95. The van der Waals surface area contributed by atoms with Crippen molar-refractivity contribution in [1.82, 2.24) is 9.78 Å². The lowest BCUT2D eigenvalue weighted by atomic mass is 10.1. The van der Waals surface area contributed by atoms with E-state index in [4.69, 9.17) is 10.5 Å². The van der Waals surface area contributed by atoms with Gasteiger partial charge in [-0.15, -0.1) is 0 Å². The quantitative estimate of drug-likeness (QED) is 0.677. The first-order valence-corrected chi connectivity index (χ1v) is 7.08. The standard InChI is InChI=1S/C16H21N3O2/c1-4-12(3)19-8-7-14(18-19)10-21-16(20)15-9-13(17)6-5-11(15)2/h5-9,12H,4,10,17H2,1-3H3. The molecule has 1 aromatic carbocycles. The van der Waals surface area contributed by atoms with Gasteiger partial charge in [-0.1, -0.05) is 13.0 Å². The number of nitrogens with two attached hydrogens (primary N) is 1. The Labute approximate surface area is 124 Å². The molecule has 0 aliphatic rings. The largest absolute Gasteiger partial charge is 0.455 e. The Morgan fingerprint density at radius 3 is 2.90 bits per heavy atom. The SMILES string of the molecule is CCC(C)n1ccc(COC(=O)c2cc(N)ccc2C)n1. The zero-order valence-electron chi connectivity index (χ0n) is 12.7. The minimum Gasteiger partial charge on any atom is -0.455 e. The smallest absolute Gasteiger partial charge is 0.338 e. The second-order valence-corrected chi connectivity index (χ2v) is 5.19. The maximum Gasteiger partial charge on any atom is 0.338 e. The molecule has 0 bridgehead atoms. The number of nitrogen functional groups attached to an aromatic ring is 1. The van der Waals surface area contributed by atoms with Crippen molar-refractivity contribution in [3.05, 3.63) is 47.3 Å². The first kappa shape index (κ1) is 15.1. The van der Waals surface area contributed by atoms with Crippen molar-refractivity contribution in [2.45, 2.75) is 39.8 Å². The number of rotatable bonds is 5. The summed E-state index contributed by atoms with van der Waals surface area (Å²) in [6, 6.07) is 7.41. The van der Waals surface area contributed by atoms with Gasteiger partial charge < -0.3 is 10.5 Å². The molecule has 0 saturated carbocycles. The number of ether oxygens (including phenoxy) is 1. The van der Waals surface area contributed by atoms with Gasteiger partial charge in [-0.3, -0.25) is 4.68 Å². The van der Waals surface area contributed by atoms with Crippen molar-refractivity contribution in [1.29, 1.82) is 0 Å². The molecular weight excluding hydrogens is 266 g/mol. The highest BCUT2D eigenvalue weighted by atomic mass is 16.5. The van der Waals surface area contributed by atoms with Crippen LogP contribution in [-0.4, -0.2) is 15.7 Å². The zero-order valence-corrected chi connectivity index (χ0v) is 12.7. The van der Waals surface area contributed by atoms with E-state index in [9.17, 15) is 4.79 Å². The van der Waals surface area contributed by atoms with E-state index in [1.165, 1.54) is 0 Å². The molecule has 112 valence electrons. The van der Waals surface area contributed by atoms with Gasteiger partial charge in [0.25, 0.3) is 0 Å². The van der Waals surface area contributed by atoms with Gasteiger partial charge in [-0.25, -0.2) is 4.79 Å². The summed E-state index contributed by atoms with van der Waals surface area (Å²) >= 11 is 0. The lowest BCUT2D eigenvalue weighted by Crippen LogP contribution is -2.09. The molecule has 2 aromatic rings. The number of aryl methyl sites for hydroxylation is 1. The number of esters is 1. The summed E-state index contributed by atoms with van der Waals surface area (Å²) in [6.45, 7) is 6.22. The second-order valence-electron chi connectivity index (χ2n) is 5.19. The maximum atomic E-state index is 12.1. The number of carbonyl (C=O) groups excluding carboxylic acids is 1. The van der Waals surface area contributed by atoms with Crippen LogP contribution in [0.1, 0.15) is 47.9 Å². The van der Waals surface area contributed by atoms with Crippen molar-refractivity contribution in [3.63, 3.8) is 0 Å². The molecule has 2 N–H and O–H groups in total. The predicted octanol–water partition coefficient (Wildman–Crippen LogP) is 3.10. The second kappa shape index (κ2) is 6.43. The number of benzene rings is 1. The van der Waals surface area contributed by atoms with Gasteiger partial charge in [0.1, 0.15) is 6.61 Å². The first-order chi connectivity index (χ1) is 10.0. The van der Waals surface area contributed by atoms with Gasteiger partial charge in [0.2, 0.25) is 0 Å². The van der Waals surface area contributed by atoms with Gasteiger partial charge in [0.15, 0.2) is 0 Å². The van der Waals surface area contributed by atoms with Gasteiger partial charge in [0, 0.05) is 17.9 Å². The van der Waals surface area contributed by atoms with Crippen LogP contribution in [0.2, 0.25) is 0 Å². The third-order valence-electron chi connectivity index (χ3n) is 3.54. The minimum atomic E-state index is -0.377. The lowest BCUT2D eigenvalue weighted by molar-refractivity contribution is 0.0466. The Morgan fingerprint density at radius 2 is 2.19 bits per heavy atom. The fraction of sp³-hybridized carbons (Fsp3) is 0.375. The Balaban J connectivity index is 2.01. The summed E-state index contributed by atoms with van der Waals surface area (Å²) in [5.41, 5.74) is 8.33. The molecule has 0 amide bonds. The Bertz CT molecular complexity index is 634. The van der Waals surface area contributed by atoms with Crippen LogP contribution in [0.15, 0.2) is 30.5 Å². The van der Waals surface area contributed by atoms with Crippen LogP contribution >= 0.6 is 0 Å². The summed E-state index contributed by atoms with van der Waals surface area (Å²) in [5, 5.41) is 4.40. The Hall–Kier alpha value is -2.30. The topological polar surface area (TPSA) is 70.1 Å². The minimum absolute atomic E-state index is 0.163. The van der Waals surface area contributed by atoms with Gasteiger partial charge >= 0.3 is 5.97 Å². The number of aromatic nitrogens is 2. The van der Waals surface area contributed by atoms with Crippen LogP contribution in [0.25, 0.3) is 0 Å². The Morgan fingerprint density at radius 1 is 1.43 bits per heavy atom. The van der Waals surface area contributed by atoms with Crippen LogP contribution in [0.3, 0.4) is 0 Å². The third kappa shape index (κ3) is 3.62. The van der Waals surface area contributed by atoms with Crippen LogP contribution in [0.4, 0.5) is 5.69 Å². The molecule has 1 aromatic heterocycles. The fourth-order valence-corrected chi connectivity index (χ4v) is 1.96. The number of hydrogen-bond donors (Lipinski definition) is 1. The molecular formula is C16H21N3O2. The summed E-state index contributed by atoms with van der Waals surface area (Å²) in [7, 11) is 0. The van der Waals surface area contributed by atoms with E-state index in [1.807, 2.05) is 29.9 Å². The molecule has 2 rings (SSSR count). The van der Waals surface area contributed by atoms with E-state index in [2.05, 4.69) is 18.9 Å². The van der Waals surface area contributed by atoms with E-state index < -0.39 is 0 Å². The van der Waals surface area contributed by atoms with E-state index in [1.54, 1.807) is 12.1 Å². The highest BCUT2D eigenvalue weighted by Crippen LogP contribution is 2.15. The maximum absolute atomic E-state index is 12.1. The molecule has 0 saturated heterocycles. The summed E-state index contributed by atoms with van der Waals surface area (Å²) < 4.78 is 7.19. The summed E-state index contributed by atoms with van der Waals surface area (Å²) in [5.74, 6) is -0.377.